The molecule has 0 aliphatic carbocycles. The number of ether oxygens (including phenoxy) is 1. The van der Waals surface area contributed by atoms with Crippen LogP contribution in [0, 0.1) is 0 Å². The number of amides is 3. The van der Waals surface area contributed by atoms with Gasteiger partial charge in [0.25, 0.3) is 11.8 Å². The summed E-state index contributed by atoms with van der Waals surface area (Å²) in [6, 6.07) is 5.67. The molecule has 0 saturated carbocycles. The summed E-state index contributed by atoms with van der Waals surface area (Å²) in [6.07, 6.45) is 0.930. The summed E-state index contributed by atoms with van der Waals surface area (Å²) in [5.74, 6) is -1.75. The van der Waals surface area contributed by atoms with E-state index >= 15 is 0 Å². The summed E-state index contributed by atoms with van der Waals surface area (Å²) >= 11 is 0. The fourth-order valence-electron chi connectivity index (χ4n) is 3.46. The van der Waals surface area contributed by atoms with Gasteiger partial charge in [-0.15, -0.1) is 0 Å². The first kappa shape index (κ1) is 13.9. The summed E-state index contributed by atoms with van der Waals surface area (Å²) in [5.41, 5.74) is 0.639. The fourth-order valence-corrected chi connectivity index (χ4v) is 3.46. The van der Waals surface area contributed by atoms with E-state index in [-0.39, 0.29) is 6.54 Å². The predicted octanol–water partition coefficient (Wildman–Crippen LogP) is 0.547. The summed E-state index contributed by atoms with van der Waals surface area (Å²) in [4.78, 5) is 51.7. The van der Waals surface area contributed by atoms with E-state index in [9.17, 15) is 19.2 Å². The Hall–Kier alpha value is -2.70. The van der Waals surface area contributed by atoms with Crippen LogP contribution in [0.4, 0.5) is 0 Å². The van der Waals surface area contributed by atoms with Crippen molar-refractivity contribution in [2.75, 3.05) is 6.54 Å². The van der Waals surface area contributed by atoms with Crippen LogP contribution in [0.1, 0.15) is 40.0 Å². The SMILES string of the molecule is O=C1CN2C(=O)[C@@H](N3C(=O)c4ccccc4C3=O)CCC[C@H]2O1. The lowest BCUT2D eigenvalue weighted by molar-refractivity contribution is -0.143. The molecule has 3 aliphatic heterocycles. The summed E-state index contributed by atoms with van der Waals surface area (Å²) < 4.78 is 5.12. The van der Waals surface area contributed by atoms with Crippen LogP contribution in [0.3, 0.4) is 0 Å². The van der Waals surface area contributed by atoms with Crippen LogP contribution in [-0.2, 0) is 14.3 Å². The zero-order chi connectivity index (χ0) is 16.1. The van der Waals surface area contributed by atoms with E-state index in [1.54, 1.807) is 24.3 Å². The van der Waals surface area contributed by atoms with Gasteiger partial charge in [-0.3, -0.25) is 29.0 Å². The highest BCUT2D eigenvalue weighted by molar-refractivity contribution is 6.22. The Morgan fingerprint density at radius 3 is 2.26 bits per heavy atom. The highest BCUT2D eigenvalue weighted by Gasteiger charge is 2.48. The Morgan fingerprint density at radius 2 is 1.61 bits per heavy atom. The monoisotopic (exact) mass is 314 g/mol. The van der Waals surface area contributed by atoms with Crippen molar-refractivity contribution in [1.29, 1.82) is 0 Å². The average Bonchev–Trinajstić information content (AvgIpc) is 2.99. The number of hydrogen-bond acceptors (Lipinski definition) is 5. The predicted molar refractivity (Wildman–Crippen MR) is 76.2 cm³/mol. The number of esters is 1. The molecule has 118 valence electrons. The zero-order valence-corrected chi connectivity index (χ0v) is 12.2. The summed E-state index contributed by atoms with van der Waals surface area (Å²) in [5, 5.41) is 0. The van der Waals surface area contributed by atoms with Gasteiger partial charge < -0.3 is 4.74 Å². The van der Waals surface area contributed by atoms with Crippen molar-refractivity contribution < 1.29 is 23.9 Å². The highest BCUT2D eigenvalue weighted by atomic mass is 16.6. The third kappa shape index (κ3) is 1.96. The van der Waals surface area contributed by atoms with Gasteiger partial charge in [-0.1, -0.05) is 12.1 Å². The number of hydrogen-bond donors (Lipinski definition) is 0. The van der Waals surface area contributed by atoms with E-state index < -0.39 is 36.0 Å². The highest BCUT2D eigenvalue weighted by Crippen LogP contribution is 2.31. The average molecular weight is 314 g/mol. The molecule has 2 saturated heterocycles. The number of rotatable bonds is 1. The van der Waals surface area contributed by atoms with Gasteiger partial charge in [-0.25, -0.2) is 0 Å². The van der Waals surface area contributed by atoms with Crippen molar-refractivity contribution in [2.24, 2.45) is 0 Å². The van der Waals surface area contributed by atoms with Gasteiger partial charge >= 0.3 is 5.97 Å². The molecule has 0 N–H and O–H groups in total. The molecule has 0 radical (unpaired) electrons. The lowest BCUT2D eigenvalue weighted by Crippen LogP contribution is -2.50. The molecule has 7 nitrogen and oxygen atoms in total. The van der Waals surface area contributed by atoms with E-state index in [1.807, 2.05) is 0 Å². The van der Waals surface area contributed by atoms with Crippen molar-refractivity contribution in [1.82, 2.24) is 9.80 Å². The van der Waals surface area contributed by atoms with Gasteiger partial charge in [0.2, 0.25) is 5.91 Å². The normalized spacial score (nSPS) is 27.0. The van der Waals surface area contributed by atoms with Crippen molar-refractivity contribution >= 4 is 23.7 Å². The fraction of sp³-hybridized carbons (Fsp3) is 0.375. The molecule has 4 rings (SSSR count). The lowest BCUT2D eigenvalue weighted by atomic mass is 10.1. The number of benzene rings is 1. The van der Waals surface area contributed by atoms with Crippen LogP contribution in [0.2, 0.25) is 0 Å². The van der Waals surface area contributed by atoms with E-state index in [2.05, 4.69) is 0 Å². The van der Waals surface area contributed by atoms with Gasteiger partial charge in [0.1, 0.15) is 12.6 Å². The molecule has 0 bridgehead atoms. The number of nitrogens with zero attached hydrogens (tertiary/aromatic N) is 2. The van der Waals surface area contributed by atoms with Crippen LogP contribution in [0.25, 0.3) is 0 Å². The molecule has 2 atom stereocenters. The summed E-state index contributed by atoms with van der Waals surface area (Å²) in [6.45, 7) is -0.122. The maximum Gasteiger partial charge on any atom is 0.327 e. The minimum atomic E-state index is -0.873. The molecule has 7 heteroatoms. The molecule has 3 heterocycles. The van der Waals surface area contributed by atoms with E-state index in [4.69, 9.17) is 4.74 Å². The zero-order valence-electron chi connectivity index (χ0n) is 12.2. The van der Waals surface area contributed by atoms with Crippen molar-refractivity contribution in [3.05, 3.63) is 35.4 Å². The Morgan fingerprint density at radius 1 is 0.957 bits per heavy atom. The number of fused-ring (bicyclic) bond motifs is 2. The van der Waals surface area contributed by atoms with Crippen molar-refractivity contribution in [2.45, 2.75) is 31.5 Å². The van der Waals surface area contributed by atoms with Gasteiger partial charge in [0.15, 0.2) is 6.23 Å². The molecule has 0 aromatic heterocycles. The second kappa shape index (κ2) is 4.91. The van der Waals surface area contributed by atoms with E-state index in [1.165, 1.54) is 4.90 Å². The molecular formula is C16H14N2O5. The Kier molecular flexibility index (Phi) is 2.97. The summed E-state index contributed by atoms with van der Waals surface area (Å²) in [7, 11) is 0. The second-order valence-corrected chi connectivity index (χ2v) is 5.88. The second-order valence-electron chi connectivity index (χ2n) is 5.88. The molecule has 0 spiro atoms. The standard InChI is InChI=1S/C16H14N2O5/c19-13-8-17-12(23-13)7-3-6-11(16(17)22)18-14(20)9-4-1-2-5-10(9)15(18)21/h1-2,4-5,11-12H,3,6-8H2/t11-,12+/m0/s1. The molecule has 1 aromatic carbocycles. The maximum atomic E-state index is 12.7. The van der Waals surface area contributed by atoms with Crippen molar-refractivity contribution in [3.8, 4) is 0 Å². The number of imide groups is 1. The topological polar surface area (TPSA) is 84.0 Å². The number of carbonyl (C=O) groups excluding carboxylic acids is 4. The first-order chi connectivity index (χ1) is 11.1. The third-order valence-corrected chi connectivity index (χ3v) is 4.55. The van der Waals surface area contributed by atoms with Gasteiger partial charge in [0.05, 0.1) is 11.1 Å². The Labute approximate surface area is 131 Å². The van der Waals surface area contributed by atoms with Crippen molar-refractivity contribution in [3.63, 3.8) is 0 Å². The van der Waals surface area contributed by atoms with Crippen LogP contribution in [0.15, 0.2) is 24.3 Å². The van der Waals surface area contributed by atoms with Crippen LogP contribution < -0.4 is 0 Å². The largest absolute Gasteiger partial charge is 0.440 e. The first-order valence-electron chi connectivity index (χ1n) is 7.55. The minimum Gasteiger partial charge on any atom is -0.440 e. The van der Waals surface area contributed by atoms with Gasteiger partial charge in [-0.05, 0) is 25.0 Å². The third-order valence-electron chi connectivity index (χ3n) is 4.55. The molecule has 1 aromatic rings. The minimum absolute atomic E-state index is 0.122. The smallest absolute Gasteiger partial charge is 0.327 e. The first-order valence-corrected chi connectivity index (χ1v) is 7.55. The molecule has 3 amide bonds. The molecular weight excluding hydrogens is 300 g/mol. The van der Waals surface area contributed by atoms with Crippen LogP contribution >= 0.6 is 0 Å². The van der Waals surface area contributed by atoms with E-state index in [0.717, 1.165) is 4.90 Å². The molecule has 3 aliphatic rings. The van der Waals surface area contributed by atoms with Gasteiger partial charge in [-0.2, -0.15) is 0 Å². The maximum absolute atomic E-state index is 12.7. The Bertz CT molecular complexity index is 709. The van der Waals surface area contributed by atoms with Crippen LogP contribution in [-0.4, -0.2) is 52.3 Å². The Balaban J connectivity index is 1.68. The van der Waals surface area contributed by atoms with Crippen LogP contribution in [0.5, 0.6) is 0 Å². The number of carbonyl (C=O) groups is 4. The lowest BCUT2D eigenvalue weighted by Gasteiger charge is -2.27. The van der Waals surface area contributed by atoms with E-state index in [0.29, 0.717) is 30.4 Å². The quantitative estimate of drug-likeness (QED) is 0.558. The molecule has 2 fully saturated rings. The molecule has 0 unspecified atom stereocenters. The molecule has 23 heavy (non-hydrogen) atoms. The van der Waals surface area contributed by atoms with Gasteiger partial charge in [0, 0.05) is 6.42 Å².